The summed E-state index contributed by atoms with van der Waals surface area (Å²) in [5, 5.41) is 3.00. The maximum Gasteiger partial charge on any atom is 0.265 e. The molecule has 1 aromatic rings. The van der Waals surface area contributed by atoms with Gasteiger partial charge in [0.15, 0.2) is 0 Å². The summed E-state index contributed by atoms with van der Waals surface area (Å²) < 4.78 is 0. The Labute approximate surface area is 125 Å². The predicted octanol–water partition coefficient (Wildman–Crippen LogP) is 1.85. The first kappa shape index (κ1) is 15.5. The zero-order chi connectivity index (χ0) is 15.5. The molecule has 0 radical (unpaired) electrons. The fourth-order valence-corrected chi connectivity index (χ4v) is 2.95. The number of hydrazine groups is 1. The van der Waals surface area contributed by atoms with Crippen LogP contribution in [0.2, 0.25) is 0 Å². The van der Waals surface area contributed by atoms with Gasteiger partial charge in [-0.1, -0.05) is 20.3 Å². The summed E-state index contributed by atoms with van der Waals surface area (Å²) in [6.07, 6.45) is 3.62. The van der Waals surface area contributed by atoms with Gasteiger partial charge in [0, 0.05) is 17.7 Å². The summed E-state index contributed by atoms with van der Waals surface area (Å²) in [4.78, 5) is 23.5. The number of nitrogens with one attached hydrogen (secondary N) is 2. The molecule has 2 rings (SSSR count). The normalized spacial score (nSPS) is 20.0. The van der Waals surface area contributed by atoms with Crippen LogP contribution in [0.1, 0.15) is 53.8 Å². The van der Waals surface area contributed by atoms with Gasteiger partial charge in [-0.05, 0) is 48.4 Å². The average Bonchev–Trinajstić information content (AvgIpc) is 2.82. The first-order valence-corrected chi connectivity index (χ1v) is 7.33. The van der Waals surface area contributed by atoms with Gasteiger partial charge in [0.25, 0.3) is 11.8 Å². The maximum absolute atomic E-state index is 12.1. The van der Waals surface area contributed by atoms with Crippen molar-refractivity contribution < 1.29 is 9.59 Å². The molecule has 5 heteroatoms. The highest BCUT2D eigenvalue weighted by molar-refractivity contribution is 5.97. The van der Waals surface area contributed by atoms with E-state index in [0.29, 0.717) is 29.0 Å². The number of nitrogen functional groups attached to an aromatic ring is 1. The molecule has 1 aromatic carbocycles. The van der Waals surface area contributed by atoms with Gasteiger partial charge in [-0.25, -0.2) is 5.84 Å². The molecule has 114 valence electrons. The van der Waals surface area contributed by atoms with Crippen molar-refractivity contribution in [2.24, 2.45) is 17.2 Å². The molecule has 1 saturated carbocycles. The molecule has 0 aromatic heterocycles. The van der Waals surface area contributed by atoms with E-state index in [1.807, 2.05) is 0 Å². The molecule has 0 spiro atoms. The lowest BCUT2D eigenvalue weighted by Gasteiger charge is -2.27. The molecule has 4 N–H and O–H groups in total. The Morgan fingerprint density at radius 2 is 1.76 bits per heavy atom. The molecule has 1 fully saturated rings. The number of rotatable bonds is 4. The van der Waals surface area contributed by atoms with E-state index < -0.39 is 0 Å². The number of amides is 2. The van der Waals surface area contributed by atoms with Crippen LogP contribution in [0.5, 0.6) is 0 Å². The van der Waals surface area contributed by atoms with Crippen molar-refractivity contribution in [1.29, 1.82) is 0 Å². The van der Waals surface area contributed by atoms with Crippen LogP contribution in [0.15, 0.2) is 24.3 Å². The highest BCUT2D eigenvalue weighted by Gasteiger charge is 2.34. The van der Waals surface area contributed by atoms with E-state index in [-0.39, 0.29) is 11.8 Å². The minimum absolute atomic E-state index is 0.0996. The monoisotopic (exact) mass is 289 g/mol. The minimum Gasteiger partial charge on any atom is -0.352 e. The van der Waals surface area contributed by atoms with Gasteiger partial charge >= 0.3 is 0 Å². The molecular formula is C16H23N3O2. The quantitative estimate of drug-likeness (QED) is 0.449. The van der Waals surface area contributed by atoms with E-state index in [4.69, 9.17) is 5.84 Å². The third-order valence-corrected chi connectivity index (χ3v) is 4.53. The van der Waals surface area contributed by atoms with Crippen molar-refractivity contribution in [3.8, 4) is 0 Å². The number of benzene rings is 1. The largest absolute Gasteiger partial charge is 0.352 e. The average molecular weight is 289 g/mol. The van der Waals surface area contributed by atoms with Crippen molar-refractivity contribution in [2.75, 3.05) is 6.54 Å². The van der Waals surface area contributed by atoms with Crippen LogP contribution in [0.25, 0.3) is 0 Å². The first-order chi connectivity index (χ1) is 9.94. The Bertz CT molecular complexity index is 523. The Hall–Kier alpha value is -1.88. The lowest BCUT2D eigenvalue weighted by atomic mass is 9.82. The van der Waals surface area contributed by atoms with Gasteiger partial charge in [0.2, 0.25) is 0 Å². The fraction of sp³-hybridized carbons (Fsp3) is 0.500. The standard InChI is InChI=1S/C16H23N3O2/c1-16(2)9-3-4-13(16)10-18-14(20)11-5-7-12(8-6-11)15(21)19-17/h5-8,13H,3-4,9-10,17H2,1-2H3,(H,18,20)(H,19,21)/t13-/m1/s1. The third-order valence-electron chi connectivity index (χ3n) is 4.53. The van der Waals surface area contributed by atoms with Crippen molar-refractivity contribution >= 4 is 11.8 Å². The van der Waals surface area contributed by atoms with E-state index in [1.54, 1.807) is 24.3 Å². The van der Waals surface area contributed by atoms with E-state index in [1.165, 1.54) is 19.3 Å². The topological polar surface area (TPSA) is 84.2 Å². The Kier molecular flexibility index (Phi) is 4.63. The molecule has 2 amide bonds. The molecule has 5 nitrogen and oxygen atoms in total. The second kappa shape index (κ2) is 6.26. The lowest BCUT2D eigenvalue weighted by Crippen LogP contribution is -2.33. The molecule has 1 aliphatic rings. The first-order valence-electron chi connectivity index (χ1n) is 7.33. The highest BCUT2D eigenvalue weighted by Crippen LogP contribution is 2.41. The zero-order valence-corrected chi connectivity index (χ0v) is 12.6. The Morgan fingerprint density at radius 3 is 2.24 bits per heavy atom. The van der Waals surface area contributed by atoms with Crippen LogP contribution in [-0.2, 0) is 0 Å². The van der Waals surface area contributed by atoms with Crippen molar-refractivity contribution in [2.45, 2.75) is 33.1 Å². The fourth-order valence-electron chi connectivity index (χ4n) is 2.95. The number of hydrogen-bond donors (Lipinski definition) is 3. The SMILES string of the molecule is CC1(C)CCC[C@@H]1CNC(=O)c1ccc(C(=O)NN)cc1. The summed E-state index contributed by atoms with van der Waals surface area (Å²) in [5.74, 6) is 5.13. The molecule has 0 aliphatic heterocycles. The molecule has 0 bridgehead atoms. The Balaban J connectivity index is 1.93. The van der Waals surface area contributed by atoms with Gasteiger partial charge in [-0.2, -0.15) is 0 Å². The van der Waals surface area contributed by atoms with E-state index in [2.05, 4.69) is 24.6 Å². The van der Waals surface area contributed by atoms with Gasteiger partial charge in [-0.15, -0.1) is 0 Å². The molecule has 1 aliphatic carbocycles. The number of carbonyl (C=O) groups is 2. The molecule has 0 saturated heterocycles. The molecule has 21 heavy (non-hydrogen) atoms. The van der Waals surface area contributed by atoms with Crippen LogP contribution in [0.3, 0.4) is 0 Å². The second-order valence-electron chi connectivity index (χ2n) is 6.34. The van der Waals surface area contributed by atoms with E-state index in [0.717, 1.165) is 0 Å². The Morgan fingerprint density at radius 1 is 1.19 bits per heavy atom. The van der Waals surface area contributed by atoms with Crippen molar-refractivity contribution in [3.05, 3.63) is 35.4 Å². The molecule has 0 unspecified atom stereocenters. The van der Waals surface area contributed by atoms with Crippen molar-refractivity contribution in [1.82, 2.24) is 10.7 Å². The van der Waals surface area contributed by atoms with Crippen molar-refractivity contribution in [3.63, 3.8) is 0 Å². The summed E-state index contributed by atoms with van der Waals surface area (Å²) in [6.45, 7) is 5.23. The van der Waals surface area contributed by atoms with E-state index in [9.17, 15) is 9.59 Å². The minimum atomic E-state index is -0.366. The smallest absolute Gasteiger partial charge is 0.265 e. The van der Waals surface area contributed by atoms with Crippen LogP contribution >= 0.6 is 0 Å². The van der Waals surface area contributed by atoms with Gasteiger partial charge in [0.1, 0.15) is 0 Å². The van der Waals surface area contributed by atoms with Gasteiger partial charge in [0.05, 0.1) is 0 Å². The van der Waals surface area contributed by atoms with Crippen LogP contribution in [-0.4, -0.2) is 18.4 Å². The molecule has 0 heterocycles. The molecular weight excluding hydrogens is 266 g/mol. The van der Waals surface area contributed by atoms with E-state index >= 15 is 0 Å². The maximum atomic E-state index is 12.1. The summed E-state index contributed by atoms with van der Waals surface area (Å²) >= 11 is 0. The zero-order valence-electron chi connectivity index (χ0n) is 12.6. The molecule has 1 atom stereocenters. The number of hydrogen-bond acceptors (Lipinski definition) is 3. The van der Waals surface area contributed by atoms with Gasteiger partial charge < -0.3 is 5.32 Å². The van der Waals surface area contributed by atoms with Crippen LogP contribution < -0.4 is 16.6 Å². The summed E-state index contributed by atoms with van der Waals surface area (Å²) in [6, 6.07) is 6.46. The summed E-state index contributed by atoms with van der Waals surface area (Å²) in [7, 11) is 0. The lowest BCUT2D eigenvalue weighted by molar-refractivity contribution is 0.0930. The predicted molar refractivity (Wildman–Crippen MR) is 81.6 cm³/mol. The number of carbonyl (C=O) groups excluding carboxylic acids is 2. The van der Waals surface area contributed by atoms with Crippen LogP contribution in [0, 0.1) is 11.3 Å². The number of nitrogens with two attached hydrogens (primary N) is 1. The second-order valence-corrected chi connectivity index (χ2v) is 6.34. The van der Waals surface area contributed by atoms with Gasteiger partial charge in [-0.3, -0.25) is 15.0 Å². The van der Waals surface area contributed by atoms with Crippen LogP contribution in [0.4, 0.5) is 0 Å². The summed E-state index contributed by atoms with van der Waals surface area (Å²) in [5.41, 5.74) is 3.35. The third kappa shape index (κ3) is 3.61. The highest BCUT2D eigenvalue weighted by atomic mass is 16.2.